The first kappa shape index (κ1) is 26.0. The number of rotatable bonds is 3. The van der Waals surface area contributed by atoms with E-state index < -0.39 is 24.0 Å². The molecule has 2 aromatic carbocycles. The summed E-state index contributed by atoms with van der Waals surface area (Å²) in [6.45, 7) is 1.95. The van der Waals surface area contributed by atoms with Crippen molar-refractivity contribution < 1.29 is 30.2 Å². The normalized spacial score (nSPS) is 13.8. The van der Waals surface area contributed by atoms with Crippen LogP contribution in [0.1, 0.15) is 29.8 Å². The van der Waals surface area contributed by atoms with Gasteiger partial charge in [0, 0.05) is 13.2 Å². The van der Waals surface area contributed by atoms with Crippen molar-refractivity contribution in [3.63, 3.8) is 0 Å². The maximum absolute atomic E-state index is 12.9. The number of nitrogens with one attached hydrogen (secondary N) is 1. The number of halogens is 6. The number of hydrogen-bond acceptors (Lipinski definition) is 3. The molecular weight excluding hydrogens is 513 g/mol. The van der Waals surface area contributed by atoms with Gasteiger partial charge in [-0.15, -0.1) is 0 Å². The number of aromatic amines is 1. The summed E-state index contributed by atoms with van der Waals surface area (Å²) in [7, 11) is 14.9. The van der Waals surface area contributed by atoms with Gasteiger partial charge in [-0.05, 0) is 36.6 Å². The third-order valence-corrected chi connectivity index (χ3v) is 4.03. The van der Waals surface area contributed by atoms with E-state index in [0.29, 0.717) is 5.82 Å². The number of fused-ring (bicyclic) bond motifs is 1. The van der Waals surface area contributed by atoms with Gasteiger partial charge in [0.25, 0.3) is 0 Å². The van der Waals surface area contributed by atoms with Crippen LogP contribution in [0.5, 0.6) is 0 Å². The van der Waals surface area contributed by atoms with Crippen LogP contribution in [0.2, 0.25) is 0 Å². The molecule has 0 bridgehead atoms. The summed E-state index contributed by atoms with van der Waals surface area (Å²) in [5.41, 5.74) is 1.14. The number of H-pyrrole nitrogens is 1. The fourth-order valence-electron chi connectivity index (χ4n) is 2.71. The first-order chi connectivity index (χ1) is 14.8. The molecule has 0 unspecified atom stereocenters. The van der Waals surface area contributed by atoms with Crippen molar-refractivity contribution in [2.75, 3.05) is 13.2 Å². The zero-order chi connectivity index (χ0) is 22.7. The van der Waals surface area contributed by atoms with Gasteiger partial charge in [0.15, 0.2) is 0 Å². The van der Waals surface area contributed by atoms with E-state index in [-0.39, 0.29) is 12.1 Å². The number of ether oxygens (including phenoxy) is 1. The molecule has 1 N–H and O–H groups in total. The Morgan fingerprint density at radius 3 is 2.23 bits per heavy atom. The Labute approximate surface area is 195 Å². The number of benzene rings is 2. The predicted molar refractivity (Wildman–Crippen MR) is 116 cm³/mol. The van der Waals surface area contributed by atoms with Crippen molar-refractivity contribution in [1.29, 1.82) is 0 Å². The molecule has 1 fully saturated rings. The number of hydrogen-bond donors (Lipinski definition) is 1. The fraction of sp³-hybridized carbons (Fsp3) is 0.300. The Balaban J connectivity index is 0.000000317. The van der Waals surface area contributed by atoms with Crippen LogP contribution in [0.15, 0.2) is 53.5 Å². The molecule has 0 amide bonds. The van der Waals surface area contributed by atoms with Crippen LogP contribution < -0.4 is 0 Å². The summed E-state index contributed by atoms with van der Waals surface area (Å²) >= 11 is -1.77. The number of nitrogens with zero attached hydrogens (tertiary/aromatic N) is 2. The zero-order valence-electron chi connectivity index (χ0n) is 16.2. The molecule has 1 aliphatic heterocycles. The Hall–Kier alpha value is -1.22. The van der Waals surface area contributed by atoms with Gasteiger partial charge in [-0.25, -0.2) is 4.98 Å². The molecule has 168 valence electrons. The molecule has 4 rings (SSSR count). The molecule has 2 heterocycles. The van der Waals surface area contributed by atoms with Crippen molar-refractivity contribution in [3.8, 4) is 0 Å². The number of aromatic nitrogens is 2. The van der Waals surface area contributed by atoms with Gasteiger partial charge in [-0.2, -0.15) is 13.2 Å². The molecule has 0 atom stereocenters. The van der Waals surface area contributed by atoms with E-state index in [1.807, 2.05) is 24.3 Å². The van der Waals surface area contributed by atoms with Gasteiger partial charge in [-0.3, -0.25) is 4.99 Å². The van der Waals surface area contributed by atoms with Gasteiger partial charge in [-0.1, -0.05) is 30.3 Å². The van der Waals surface area contributed by atoms with Gasteiger partial charge in [0.05, 0.1) is 29.4 Å². The van der Waals surface area contributed by atoms with Gasteiger partial charge >= 0.3 is 48.0 Å². The Bertz CT molecular complexity index is 920. The number of alkyl halides is 3. The summed E-state index contributed by atoms with van der Waals surface area (Å²) < 4.78 is 43.5. The molecule has 0 radical (unpaired) electrons. The van der Waals surface area contributed by atoms with E-state index in [2.05, 4.69) is 15.0 Å². The second-order valence-corrected chi connectivity index (χ2v) is 13.2. The average molecular weight is 533 g/mol. The standard InChI is InChI=1S/C16H12F3N3.C4H8O.3ClH.V/c17-16(18,19)12-6-2-1-5-11(12)9-20-10-15-21-13-7-3-4-8-14(13)22-15;1-2-4-5-3-1;;;;/h1-8,10H,9H2,(H,21,22);1-4H2;3*1H;/q;;;;;+3/p-3. The SMILES string of the molecule is C1CCOC1.FC(F)(F)c1ccccc1CN=Cc1nc2ccccc2[nH]1.[Cl][V]([Cl])[Cl]. The molecule has 4 nitrogen and oxygen atoms in total. The second kappa shape index (κ2) is 13.4. The average Bonchev–Trinajstić information content (AvgIpc) is 3.40. The summed E-state index contributed by atoms with van der Waals surface area (Å²) in [5.74, 6) is 0.519. The van der Waals surface area contributed by atoms with Crippen LogP contribution in [-0.2, 0) is 29.7 Å². The first-order valence-electron chi connectivity index (χ1n) is 9.22. The van der Waals surface area contributed by atoms with E-state index in [1.54, 1.807) is 6.07 Å². The number of para-hydroxylation sites is 2. The van der Waals surface area contributed by atoms with Crippen molar-refractivity contribution in [2.24, 2.45) is 4.99 Å². The Morgan fingerprint density at radius 2 is 1.65 bits per heavy atom. The molecular formula is C20H20Cl3F3N3OV. The summed E-state index contributed by atoms with van der Waals surface area (Å²) in [4.78, 5) is 11.4. The zero-order valence-corrected chi connectivity index (χ0v) is 19.9. The number of imidazole rings is 1. The van der Waals surface area contributed by atoms with Gasteiger partial charge in [0.2, 0.25) is 0 Å². The van der Waals surface area contributed by atoms with Crippen LogP contribution >= 0.6 is 29.5 Å². The summed E-state index contributed by atoms with van der Waals surface area (Å²) in [6.07, 6.45) is -0.362. The van der Waals surface area contributed by atoms with Crippen LogP contribution in [0.4, 0.5) is 13.2 Å². The van der Waals surface area contributed by atoms with Gasteiger partial charge < -0.3 is 9.72 Å². The van der Waals surface area contributed by atoms with Crippen molar-refractivity contribution in [1.82, 2.24) is 9.97 Å². The van der Waals surface area contributed by atoms with Crippen LogP contribution in [0.3, 0.4) is 0 Å². The van der Waals surface area contributed by atoms with Crippen molar-refractivity contribution in [3.05, 3.63) is 65.5 Å². The second-order valence-electron chi connectivity index (χ2n) is 6.28. The maximum atomic E-state index is 12.9. The molecule has 0 spiro atoms. The minimum atomic E-state index is -4.37. The Kier molecular flexibility index (Phi) is 11.2. The van der Waals surface area contributed by atoms with Crippen LogP contribution in [0, 0.1) is 0 Å². The molecule has 3 aromatic rings. The van der Waals surface area contributed by atoms with E-state index >= 15 is 0 Å². The molecule has 31 heavy (non-hydrogen) atoms. The summed E-state index contributed by atoms with van der Waals surface area (Å²) in [5, 5.41) is 0. The van der Waals surface area contributed by atoms with E-state index in [9.17, 15) is 13.2 Å². The molecule has 0 aliphatic carbocycles. The van der Waals surface area contributed by atoms with E-state index in [4.69, 9.17) is 34.3 Å². The van der Waals surface area contributed by atoms with Crippen molar-refractivity contribution >= 4 is 46.8 Å². The molecule has 0 saturated carbocycles. The third-order valence-electron chi connectivity index (χ3n) is 4.03. The third kappa shape index (κ3) is 9.85. The first-order valence-corrected chi connectivity index (χ1v) is 15.0. The van der Waals surface area contributed by atoms with Crippen molar-refractivity contribution in [2.45, 2.75) is 25.6 Å². The molecule has 11 heteroatoms. The molecule has 1 saturated heterocycles. The quantitative estimate of drug-likeness (QED) is 0.367. The fourth-order valence-corrected chi connectivity index (χ4v) is 2.71. The van der Waals surface area contributed by atoms with E-state index in [1.165, 1.54) is 31.2 Å². The Morgan fingerprint density at radius 1 is 1.03 bits per heavy atom. The van der Waals surface area contributed by atoms with Crippen LogP contribution in [-0.4, -0.2) is 29.4 Å². The molecule has 1 aliphatic rings. The predicted octanol–water partition coefficient (Wildman–Crippen LogP) is 7.06. The monoisotopic (exact) mass is 531 g/mol. The minimum absolute atomic E-state index is 0.0489. The van der Waals surface area contributed by atoms with Crippen LogP contribution in [0.25, 0.3) is 11.0 Å². The summed E-state index contributed by atoms with van der Waals surface area (Å²) in [6, 6.07) is 12.9. The van der Waals surface area contributed by atoms with E-state index in [0.717, 1.165) is 30.3 Å². The molecule has 1 aromatic heterocycles. The number of aliphatic imine (C=N–C) groups is 1. The topological polar surface area (TPSA) is 50.3 Å². The van der Waals surface area contributed by atoms with Gasteiger partial charge in [0.1, 0.15) is 5.82 Å².